The molecule has 3 nitrogen and oxygen atoms in total. The Morgan fingerprint density at radius 1 is 1.37 bits per heavy atom. The molecule has 0 saturated heterocycles. The Labute approximate surface area is 116 Å². The SMILES string of the molecule is CCNC(c1cccc2c1OCC2)C(OC)C(C)C. The summed E-state index contributed by atoms with van der Waals surface area (Å²) in [6.07, 6.45) is 1.16. The molecule has 0 aliphatic carbocycles. The Morgan fingerprint density at radius 3 is 2.79 bits per heavy atom. The second kappa shape index (κ2) is 6.40. The number of nitrogens with one attached hydrogen (secondary N) is 1. The molecule has 1 aromatic rings. The largest absolute Gasteiger partial charge is 0.493 e. The van der Waals surface area contributed by atoms with Crippen molar-refractivity contribution in [2.75, 3.05) is 20.3 Å². The van der Waals surface area contributed by atoms with Crippen LogP contribution >= 0.6 is 0 Å². The standard InChI is InChI=1S/C16H25NO2/c1-5-17-14(15(18-4)11(2)3)13-8-6-7-12-9-10-19-16(12)13/h6-8,11,14-15,17H,5,9-10H2,1-4H3. The van der Waals surface area contributed by atoms with Gasteiger partial charge in [0.1, 0.15) is 5.75 Å². The van der Waals surface area contributed by atoms with Crippen molar-refractivity contribution in [2.24, 2.45) is 5.92 Å². The number of methoxy groups -OCH3 is 1. The Balaban J connectivity index is 2.36. The monoisotopic (exact) mass is 263 g/mol. The minimum Gasteiger partial charge on any atom is -0.493 e. The van der Waals surface area contributed by atoms with Gasteiger partial charge in [-0.2, -0.15) is 0 Å². The highest BCUT2D eigenvalue weighted by atomic mass is 16.5. The Morgan fingerprint density at radius 2 is 2.16 bits per heavy atom. The quantitative estimate of drug-likeness (QED) is 0.856. The van der Waals surface area contributed by atoms with Crippen molar-refractivity contribution in [1.82, 2.24) is 5.32 Å². The molecular formula is C16H25NO2. The molecule has 1 N–H and O–H groups in total. The number of para-hydroxylation sites is 1. The lowest BCUT2D eigenvalue weighted by Crippen LogP contribution is -2.36. The molecule has 3 heteroatoms. The minimum atomic E-state index is 0.149. The zero-order valence-electron chi connectivity index (χ0n) is 12.4. The number of fused-ring (bicyclic) bond motifs is 1. The van der Waals surface area contributed by atoms with Crippen LogP contribution in [0.4, 0.5) is 0 Å². The van der Waals surface area contributed by atoms with Gasteiger partial charge >= 0.3 is 0 Å². The van der Waals surface area contributed by atoms with Crippen LogP contribution in [0.15, 0.2) is 18.2 Å². The first kappa shape index (κ1) is 14.4. The summed E-state index contributed by atoms with van der Waals surface area (Å²) in [6.45, 7) is 8.24. The van der Waals surface area contributed by atoms with Gasteiger partial charge in [-0.3, -0.25) is 0 Å². The van der Waals surface area contributed by atoms with Crippen LogP contribution in [-0.4, -0.2) is 26.4 Å². The van der Waals surface area contributed by atoms with Crippen LogP contribution in [0.1, 0.15) is 37.9 Å². The summed E-state index contributed by atoms with van der Waals surface area (Å²) in [6, 6.07) is 6.63. The van der Waals surface area contributed by atoms with Gasteiger partial charge in [-0.15, -0.1) is 0 Å². The second-order valence-electron chi connectivity index (χ2n) is 5.41. The lowest BCUT2D eigenvalue weighted by atomic mass is 9.91. The first-order valence-corrected chi connectivity index (χ1v) is 7.19. The van der Waals surface area contributed by atoms with Gasteiger partial charge in [0.2, 0.25) is 0 Å². The number of hydrogen-bond donors (Lipinski definition) is 1. The van der Waals surface area contributed by atoms with E-state index in [0.29, 0.717) is 5.92 Å². The third-order valence-corrected chi connectivity index (χ3v) is 3.76. The fraction of sp³-hybridized carbons (Fsp3) is 0.625. The van der Waals surface area contributed by atoms with E-state index in [-0.39, 0.29) is 12.1 Å². The molecule has 0 amide bonds. The van der Waals surface area contributed by atoms with Gasteiger partial charge in [0, 0.05) is 19.1 Å². The van der Waals surface area contributed by atoms with E-state index < -0.39 is 0 Å². The average Bonchev–Trinajstić information content (AvgIpc) is 2.86. The van der Waals surface area contributed by atoms with Crippen molar-refractivity contribution < 1.29 is 9.47 Å². The van der Waals surface area contributed by atoms with Gasteiger partial charge in [0.25, 0.3) is 0 Å². The Kier molecular flexibility index (Phi) is 4.83. The molecular weight excluding hydrogens is 238 g/mol. The molecule has 0 fully saturated rings. The first-order valence-electron chi connectivity index (χ1n) is 7.19. The van der Waals surface area contributed by atoms with Crippen LogP contribution in [0.25, 0.3) is 0 Å². The molecule has 0 aromatic heterocycles. The van der Waals surface area contributed by atoms with Crippen molar-refractivity contribution in [3.8, 4) is 5.75 Å². The molecule has 0 radical (unpaired) electrons. The van der Waals surface area contributed by atoms with E-state index in [1.54, 1.807) is 7.11 Å². The van der Waals surface area contributed by atoms with E-state index in [4.69, 9.17) is 9.47 Å². The molecule has 2 atom stereocenters. The molecule has 0 bridgehead atoms. The smallest absolute Gasteiger partial charge is 0.127 e. The normalized spacial score (nSPS) is 17.1. The van der Waals surface area contributed by atoms with Crippen LogP contribution in [0, 0.1) is 5.92 Å². The van der Waals surface area contributed by atoms with E-state index >= 15 is 0 Å². The number of ether oxygens (including phenoxy) is 2. The maximum Gasteiger partial charge on any atom is 0.127 e. The van der Waals surface area contributed by atoms with Crippen molar-refractivity contribution in [3.05, 3.63) is 29.3 Å². The molecule has 2 unspecified atom stereocenters. The minimum absolute atomic E-state index is 0.149. The summed E-state index contributed by atoms with van der Waals surface area (Å²) in [4.78, 5) is 0. The molecule has 0 saturated carbocycles. The van der Waals surface area contributed by atoms with E-state index in [2.05, 4.69) is 44.3 Å². The maximum absolute atomic E-state index is 5.84. The summed E-state index contributed by atoms with van der Waals surface area (Å²) in [5.41, 5.74) is 2.55. The maximum atomic E-state index is 5.84. The summed E-state index contributed by atoms with van der Waals surface area (Å²) in [7, 11) is 1.79. The number of hydrogen-bond acceptors (Lipinski definition) is 3. The van der Waals surface area contributed by atoms with E-state index in [0.717, 1.165) is 25.3 Å². The van der Waals surface area contributed by atoms with Crippen molar-refractivity contribution >= 4 is 0 Å². The number of benzene rings is 1. The zero-order valence-corrected chi connectivity index (χ0v) is 12.4. The topological polar surface area (TPSA) is 30.5 Å². The Bertz CT molecular complexity index is 417. The van der Waals surface area contributed by atoms with E-state index in [1.165, 1.54) is 11.1 Å². The molecule has 1 aliphatic rings. The first-order chi connectivity index (χ1) is 9.19. The predicted octanol–water partition coefficient (Wildman–Crippen LogP) is 2.94. The molecule has 1 aliphatic heterocycles. The second-order valence-corrected chi connectivity index (χ2v) is 5.41. The van der Waals surface area contributed by atoms with Gasteiger partial charge < -0.3 is 14.8 Å². The summed E-state index contributed by atoms with van der Waals surface area (Å²) in [5, 5.41) is 3.56. The fourth-order valence-corrected chi connectivity index (χ4v) is 2.90. The average molecular weight is 263 g/mol. The van der Waals surface area contributed by atoms with Crippen LogP contribution in [0.3, 0.4) is 0 Å². The molecule has 1 aromatic carbocycles. The van der Waals surface area contributed by atoms with Crippen LogP contribution in [-0.2, 0) is 11.2 Å². The highest BCUT2D eigenvalue weighted by Gasteiger charge is 2.29. The van der Waals surface area contributed by atoms with Crippen LogP contribution in [0.5, 0.6) is 5.75 Å². The van der Waals surface area contributed by atoms with Crippen LogP contribution < -0.4 is 10.1 Å². The molecule has 19 heavy (non-hydrogen) atoms. The molecule has 106 valence electrons. The zero-order chi connectivity index (χ0) is 13.8. The van der Waals surface area contributed by atoms with Gasteiger partial charge in [-0.25, -0.2) is 0 Å². The van der Waals surface area contributed by atoms with Gasteiger partial charge in [-0.1, -0.05) is 39.0 Å². The van der Waals surface area contributed by atoms with Gasteiger partial charge in [-0.05, 0) is 18.0 Å². The van der Waals surface area contributed by atoms with Crippen molar-refractivity contribution in [2.45, 2.75) is 39.3 Å². The molecule has 1 heterocycles. The predicted molar refractivity (Wildman–Crippen MR) is 77.7 cm³/mol. The highest BCUT2D eigenvalue weighted by molar-refractivity contribution is 5.46. The highest BCUT2D eigenvalue weighted by Crippen LogP contribution is 2.36. The van der Waals surface area contributed by atoms with Gasteiger partial charge in [0.05, 0.1) is 18.8 Å². The lowest BCUT2D eigenvalue weighted by molar-refractivity contribution is 0.0324. The summed E-state index contributed by atoms with van der Waals surface area (Å²) in [5.74, 6) is 1.52. The summed E-state index contributed by atoms with van der Waals surface area (Å²) < 4.78 is 11.6. The third-order valence-electron chi connectivity index (χ3n) is 3.76. The lowest BCUT2D eigenvalue weighted by Gasteiger charge is -2.31. The van der Waals surface area contributed by atoms with Crippen molar-refractivity contribution in [1.29, 1.82) is 0 Å². The Hall–Kier alpha value is -1.06. The number of rotatable bonds is 6. The van der Waals surface area contributed by atoms with Crippen molar-refractivity contribution in [3.63, 3.8) is 0 Å². The van der Waals surface area contributed by atoms with Gasteiger partial charge in [0.15, 0.2) is 0 Å². The van der Waals surface area contributed by atoms with Crippen LogP contribution in [0.2, 0.25) is 0 Å². The third kappa shape index (κ3) is 2.93. The van der Waals surface area contributed by atoms with E-state index in [1.807, 2.05) is 0 Å². The fourth-order valence-electron chi connectivity index (χ4n) is 2.90. The number of likely N-dealkylation sites (N-methyl/N-ethyl adjacent to an activating group) is 1. The summed E-state index contributed by atoms with van der Waals surface area (Å²) >= 11 is 0. The van der Waals surface area contributed by atoms with E-state index in [9.17, 15) is 0 Å². The molecule has 2 rings (SSSR count). The molecule has 0 spiro atoms.